The molecule has 4 saturated carbocycles. The van der Waals surface area contributed by atoms with Gasteiger partial charge in [0.15, 0.2) is 0 Å². The molecule has 4 aliphatic carbocycles. The van der Waals surface area contributed by atoms with E-state index < -0.39 is 12.1 Å². The molecule has 6 rings (SSSR count). The van der Waals surface area contributed by atoms with Crippen molar-refractivity contribution in [3.8, 4) is 5.75 Å². The van der Waals surface area contributed by atoms with Crippen LogP contribution in [0.3, 0.4) is 0 Å². The molecule has 0 aromatic heterocycles. The zero-order chi connectivity index (χ0) is 20.9. The molecule has 2 N–H and O–H groups in total. The van der Waals surface area contributed by atoms with Crippen molar-refractivity contribution in [3.63, 3.8) is 0 Å². The number of amides is 2. The molecule has 1 aliphatic heterocycles. The number of β-amino-alcohol motifs (C(OH)–C–C–N with tert-alkyl or cyclic N) is 1. The van der Waals surface area contributed by atoms with Gasteiger partial charge in [0.1, 0.15) is 11.8 Å². The normalized spacial score (nSPS) is 36.7. The van der Waals surface area contributed by atoms with Crippen LogP contribution in [0.4, 0.5) is 0 Å². The van der Waals surface area contributed by atoms with Crippen molar-refractivity contribution in [2.24, 2.45) is 23.2 Å². The first-order valence-corrected chi connectivity index (χ1v) is 11.4. The zero-order valence-electron chi connectivity index (χ0n) is 17.7. The molecule has 4 bridgehead atoms. The van der Waals surface area contributed by atoms with Gasteiger partial charge in [0.25, 0.3) is 0 Å². The third-order valence-corrected chi connectivity index (χ3v) is 7.98. The van der Waals surface area contributed by atoms with Gasteiger partial charge in [-0.1, -0.05) is 18.2 Å². The van der Waals surface area contributed by atoms with Gasteiger partial charge in [0.05, 0.1) is 18.6 Å². The van der Waals surface area contributed by atoms with Crippen molar-refractivity contribution in [3.05, 3.63) is 29.8 Å². The Hall–Kier alpha value is -2.08. The second-order valence-corrected chi connectivity index (χ2v) is 10.1. The number of hydrogen-bond donors (Lipinski definition) is 2. The van der Waals surface area contributed by atoms with Crippen molar-refractivity contribution < 1.29 is 19.4 Å². The molecule has 6 heteroatoms. The number of carbonyl (C=O) groups excluding carboxylic acids is 2. The quantitative estimate of drug-likeness (QED) is 0.779. The van der Waals surface area contributed by atoms with E-state index >= 15 is 0 Å². The molecule has 2 amide bonds. The number of hydrogen-bond acceptors (Lipinski definition) is 4. The number of ether oxygens (including phenoxy) is 1. The topological polar surface area (TPSA) is 78.9 Å². The fourth-order valence-electron chi connectivity index (χ4n) is 7.11. The van der Waals surface area contributed by atoms with Crippen molar-refractivity contribution in [2.75, 3.05) is 13.7 Å². The number of rotatable bonds is 5. The summed E-state index contributed by atoms with van der Waals surface area (Å²) in [7, 11) is 1.61. The van der Waals surface area contributed by atoms with Crippen molar-refractivity contribution >= 4 is 11.8 Å². The highest BCUT2D eigenvalue weighted by Crippen LogP contribution is 2.60. The Morgan fingerprint density at radius 1 is 1.10 bits per heavy atom. The van der Waals surface area contributed by atoms with Crippen LogP contribution in [-0.4, -0.2) is 47.6 Å². The first-order valence-electron chi connectivity index (χ1n) is 11.4. The Morgan fingerprint density at radius 3 is 2.37 bits per heavy atom. The van der Waals surface area contributed by atoms with Crippen molar-refractivity contribution in [1.29, 1.82) is 0 Å². The average Bonchev–Trinajstić information content (AvgIpc) is 3.12. The van der Waals surface area contributed by atoms with Gasteiger partial charge in [-0.25, -0.2) is 0 Å². The number of carbonyl (C=O) groups is 2. The molecule has 2 atom stereocenters. The monoisotopic (exact) mass is 412 g/mol. The van der Waals surface area contributed by atoms with Crippen molar-refractivity contribution in [1.82, 2.24) is 10.2 Å². The molecule has 6 nitrogen and oxygen atoms in total. The minimum Gasteiger partial charge on any atom is -0.496 e. The minimum absolute atomic E-state index is 0.121. The highest BCUT2D eigenvalue weighted by molar-refractivity contribution is 5.91. The smallest absolute Gasteiger partial charge is 0.243 e. The number of aliphatic hydroxyl groups excluding tert-OH is 1. The summed E-state index contributed by atoms with van der Waals surface area (Å²) in [6, 6.07) is 7.00. The van der Waals surface area contributed by atoms with E-state index in [1.807, 2.05) is 24.3 Å². The van der Waals surface area contributed by atoms with Crippen LogP contribution in [0.1, 0.15) is 50.5 Å². The summed E-state index contributed by atoms with van der Waals surface area (Å²) in [5.74, 6) is 2.68. The summed E-state index contributed by atoms with van der Waals surface area (Å²) < 4.78 is 5.36. The Kier molecular flexibility index (Phi) is 5.00. The predicted molar refractivity (Wildman–Crippen MR) is 112 cm³/mol. The second kappa shape index (κ2) is 7.56. The van der Waals surface area contributed by atoms with Crippen LogP contribution in [0.2, 0.25) is 0 Å². The fourth-order valence-corrected chi connectivity index (χ4v) is 7.11. The lowest BCUT2D eigenvalue weighted by molar-refractivity contribution is -0.160. The average molecular weight is 413 g/mol. The van der Waals surface area contributed by atoms with Crippen LogP contribution in [-0.2, 0) is 16.1 Å². The molecule has 5 fully saturated rings. The van der Waals surface area contributed by atoms with Crippen LogP contribution >= 0.6 is 0 Å². The maximum absolute atomic E-state index is 13.7. The number of likely N-dealkylation sites (tertiary alicyclic amines) is 1. The van der Waals surface area contributed by atoms with E-state index in [2.05, 4.69) is 5.32 Å². The van der Waals surface area contributed by atoms with E-state index in [9.17, 15) is 14.7 Å². The van der Waals surface area contributed by atoms with Gasteiger partial charge in [-0.05, 0) is 62.3 Å². The maximum Gasteiger partial charge on any atom is 0.243 e. The molecule has 1 heterocycles. The van der Waals surface area contributed by atoms with E-state index in [0.29, 0.717) is 30.7 Å². The van der Waals surface area contributed by atoms with E-state index in [0.717, 1.165) is 30.6 Å². The summed E-state index contributed by atoms with van der Waals surface area (Å²) >= 11 is 0. The highest BCUT2D eigenvalue weighted by atomic mass is 16.5. The van der Waals surface area contributed by atoms with Gasteiger partial charge in [-0.15, -0.1) is 0 Å². The molecule has 1 aromatic carbocycles. The fraction of sp³-hybridized carbons (Fsp3) is 0.667. The standard InChI is InChI=1S/C24H32N2O4/c1-30-21-5-3-2-4-18(21)13-25-22(28)20-9-19(27)14-26(20)23(29)24-10-15-6-16(11-24)8-17(7-15)12-24/h2-5,15-17,19-20,27H,6-14H2,1H3,(H,25,28)/t15?,16?,17?,19-,20-,24?/m0/s1. The molecular formula is C24H32N2O4. The predicted octanol–water partition coefficient (Wildman–Crippen LogP) is 2.49. The van der Waals surface area contributed by atoms with Crippen LogP contribution in [0.15, 0.2) is 24.3 Å². The molecule has 0 spiro atoms. The summed E-state index contributed by atoms with van der Waals surface area (Å²) in [5.41, 5.74) is 0.603. The number of benzene rings is 1. The van der Waals surface area contributed by atoms with Crippen LogP contribution < -0.4 is 10.1 Å². The first kappa shape index (κ1) is 19.9. The lowest BCUT2D eigenvalue weighted by atomic mass is 9.49. The Balaban J connectivity index is 1.30. The second-order valence-electron chi connectivity index (χ2n) is 10.1. The molecule has 0 radical (unpaired) electrons. The number of methoxy groups -OCH3 is 1. The van der Waals surface area contributed by atoms with Crippen molar-refractivity contribution in [2.45, 2.75) is 63.6 Å². The molecule has 162 valence electrons. The minimum atomic E-state index is -0.634. The third-order valence-electron chi connectivity index (χ3n) is 7.98. The Bertz CT molecular complexity index is 803. The number of nitrogens with one attached hydrogen (secondary N) is 1. The van der Waals surface area contributed by atoms with Gasteiger partial charge in [-0.2, -0.15) is 0 Å². The largest absolute Gasteiger partial charge is 0.496 e. The summed E-state index contributed by atoms with van der Waals surface area (Å²) in [6.45, 7) is 0.613. The summed E-state index contributed by atoms with van der Waals surface area (Å²) in [5, 5.41) is 13.3. The number of para-hydroxylation sites is 1. The summed E-state index contributed by atoms with van der Waals surface area (Å²) in [4.78, 5) is 28.5. The Labute approximate surface area is 178 Å². The van der Waals surface area contributed by atoms with E-state index in [1.165, 1.54) is 19.3 Å². The highest BCUT2D eigenvalue weighted by Gasteiger charge is 2.57. The van der Waals surface area contributed by atoms with Gasteiger partial charge in [0, 0.05) is 25.1 Å². The van der Waals surface area contributed by atoms with E-state index in [1.54, 1.807) is 12.0 Å². The number of aliphatic hydroxyl groups is 1. The molecule has 5 aliphatic rings. The van der Waals surface area contributed by atoms with Gasteiger partial charge >= 0.3 is 0 Å². The molecule has 0 unspecified atom stereocenters. The lowest BCUT2D eigenvalue weighted by Gasteiger charge is -2.56. The SMILES string of the molecule is COc1ccccc1CNC(=O)[C@@H]1C[C@H](O)CN1C(=O)C12CC3CC(CC(C3)C1)C2. The lowest BCUT2D eigenvalue weighted by Crippen LogP contribution is -2.57. The molecule has 1 saturated heterocycles. The molecule has 1 aromatic rings. The van der Waals surface area contributed by atoms with Crippen LogP contribution in [0, 0.1) is 23.2 Å². The summed E-state index contributed by atoms with van der Waals surface area (Å²) in [6.07, 6.45) is 6.42. The van der Waals surface area contributed by atoms with Gasteiger partial charge in [0.2, 0.25) is 11.8 Å². The number of nitrogens with zero attached hydrogens (tertiary/aromatic N) is 1. The van der Waals surface area contributed by atoms with Gasteiger partial charge < -0.3 is 20.1 Å². The third kappa shape index (κ3) is 3.39. The zero-order valence-corrected chi connectivity index (χ0v) is 17.7. The van der Waals surface area contributed by atoms with Gasteiger partial charge in [-0.3, -0.25) is 9.59 Å². The molecule has 30 heavy (non-hydrogen) atoms. The first-order chi connectivity index (χ1) is 14.5. The van der Waals surface area contributed by atoms with Crippen LogP contribution in [0.5, 0.6) is 5.75 Å². The van der Waals surface area contributed by atoms with E-state index in [-0.39, 0.29) is 23.8 Å². The van der Waals surface area contributed by atoms with Crippen LogP contribution in [0.25, 0.3) is 0 Å². The van der Waals surface area contributed by atoms with E-state index in [4.69, 9.17) is 4.74 Å². The molecular weight excluding hydrogens is 380 g/mol. The Morgan fingerprint density at radius 2 is 1.73 bits per heavy atom. The maximum atomic E-state index is 13.7.